The molecule has 1 heterocycles. The molecule has 36 heavy (non-hydrogen) atoms. The molecule has 0 radical (unpaired) electrons. The van der Waals surface area contributed by atoms with E-state index in [4.69, 9.17) is 33.5 Å². The normalized spacial score (nSPS) is 23.4. The number of nitrogens with zero attached hydrogens (tertiary/aromatic N) is 1. The Labute approximate surface area is 221 Å². The molecule has 5 N–H and O–H groups in total. The second kappa shape index (κ2) is 10.0. The number of nitrogens with one attached hydrogen (secondary N) is 1. The van der Waals surface area contributed by atoms with Crippen molar-refractivity contribution in [3.05, 3.63) is 52.0 Å². The molecule has 198 valence electrons. The summed E-state index contributed by atoms with van der Waals surface area (Å²) in [4.78, 5) is -0.677. The number of nitrogens with two attached hydrogens (primary N) is 2. The molecule has 1 aliphatic heterocycles. The van der Waals surface area contributed by atoms with Crippen molar-refractivity contribution in [1.29, 1.82) is 0 Å². The summed E-state index contributed by atoms with van der Waals surface area (Å²) in [7, 11) is -12.4. The first kappa shape index (κ1) is 27.6. The van der Waals surface area contributed by atoms with Gasteiger partial charge in [0.15, 0.2) is 0 Å². The Balaban J connectivity index is 1.54. The van der Waals surface area contributed by atoms with Gasteiger partial charge in [-0.25, -0.2) is 35.5 Å². The van der Waals surface area contributed by atoms with E-state index in [1.807, 2.05) is 12.1 Å². The molecule has 0 spiro atoms. The minimum atomic E-state index is -4.29. The number of sulfonamides is 3. The largest absolute Gasteiger partial charge is 0.384 e. The number of piperidine rings is 1. The maximum atomic E-state index is 13.2. The summed E-state index contributed by atoms with van der Waals surface area (Å²) in [5.74, 6) is 0.327. The molecule has 0 amide bonds. The molecule has 1 aliphatic carbocycles. The van der Waals surface area contributed by atoms with E-state index in [9.17, 15) is 25.3 Å². The molecule has 1 saturated heterocycles. The predicted molar refractivity (Wildman–Crippen MR) is 139 cm³/mol. The first-order chi connectivity index (χ1) is 16.7. The van der Waals surface area contributed by atoms with E-state index in [0.29, 0.717) is 23.0 Å². The molecule has 1 unspecified atom stereocenters. The fraction of sp³-hybridized carbons (Fsp3) is 0.429. The summed E-state index contributed by atoms with van der Waals surface area (Å²) in [5, 5.41) is 13.6. The maximum Gasteiger partial charge on any atom is 0.243 e. The summed E-state index contributed by atoms with van der Waals surface area (Å²) in [6.07, 6.45) is 1.38. The Morgan fingerprint density at radius 1 is 1.03 bits per heavy atom. The average Bonchev–Trinajstić information content (AvgIpc) is 3.57. The summed E-state index contributed by atoms with van der Waals surface area (Å²) >= 11 is 12.4. The van der Waals surface area contributed by atoms with Crippen molar-refractivity contribution in [2.45, 2.75) is 40.2 Å². The molecule has 0 aromatic heterocycles. The van der Waals surface area contributed by atoms with Crippen molar-refractivity contribution in [3.63, 3.8) is 0 Å². The number of hydrogen-bond donors (Lipinski definition) is 3. The molecule has 0 bridgehead atoms. The first-order valence-electron chi connectivity index (χ1n) is 11.1. The molecule has 2 aromatic rings. The number of hydrogen-bond acceptors (Lipinski definition) is 7. The molecular weight excluding hydrogens is 571 g/mol. The third-order valence-electron chi connectivity index (χ3n) is 6.56. The van der Waals surface area contributed by atoms with Crippen molar-refractivity contribution in [1.82, 2.24) is 4.31 Å². The van der Waals surface area contributed by atoms with E-state index in [2.05, 4.69) is 5.32 Å². The van der Waals surface area contributed by atoms with Crippen molar-refractivity contribution in [2.24, 2.45) is 16.2 Å². The summed E-state index contributed by atoms with van der Waals surface area (Å²) in [5.41, 5.74) is 1.09. The standard InChI is InChI=1S/C21H26Cl2N4O6S3/c22-18-5-1-4-16(21(18)23)17-9-13(17)11-26-19-7-6-14(10-20(19)35(25,30)31)36(32,33)27-8-2-3-15(12-27)34(24,28)29/h1,4-7,10,13,15,17,26H,2-3,8-9,11-12H2,(H2,24,28,29)(H2,25,30,31)/t13-,15?,17+/m0/s1. The van der Waals surface area contributed by atoms with Crippen LogP contribution in [0.2, 0.25) is 10.0 Å². The molecule has 4 rings (SSSR count). The molecule has 15 heteroatoms. The van der Waals surface area contributed by atoms with Crippen molar-refractivity contribution < 1.29 is 25.3 Å². The zero-order valence-corrected chi connectivity index (χ0v) is 22.9. The van der Waals surface area contributed by atoms with Gasteiger partial charge < -0.3 is 5.32 Å². The van der Waals surface area contributed by atoms with E-state index in [1.165, 1.54) is 12.1 Å². The Morgan fingerprint density at radius 2 is 1.75 bits per heavy atom. The summed E-state index contributed by atoms with van der Waals surface area (Å²) < 4.78 is 75.5. The van der Waals surface area contributed by atoms with Crippen LogP contribution in [0, 0.1) is 5.92 Å². The van der Waals surface area contributed by atoms with Gasteiger partial charge in [0.05, 0.1) is 25.9 Å². The highest BCUT2D eigenvalue weighted by Gasteiger charge is 2.40. The van der Waals surface area contributed by atoms with Crippen molar-refractivity contribution in [3.8, 4) is 0 Å². The smallest absolute Gasteiger partial charge is 0.243 e. The molecular formula is C21H26Cl2N4O6S3. The minimum Gasteiger partial charge on any atom is -0.384 e. The molecule has 2 aromatic carbocycles. The van der Waals surface area contributed by atoms with Crippen LogP contribution in [0.15, 0.2) is 46.2 Å². The number of rotatable bonds is 8. The Bertz CT molecular complexity index is 1500. The lowest BCUT2D eigenvalue weighted by Gasteiger charge is -2.30. The lowest BCUT2D eigenvalue weighted by atomic mass is 10.1. The fourth-order valence-corrected chi connectivity index (χ4v) is 8.28. The third-order valence-corrected chi connectivity index (χ3v) is 11.5. The Kier molecular flexibility index (Phi) is 7.68. The zero-order valence-electron chi connectivity index (χ0n) is 19.0. The van der Waals surface area contributed by atoms with Gasteiger partial charge in [0.2, 0.25) is 30.1 Å². The van der Waals surface area contributed by atoms with Gasteiger partial charge in [-0.1, -0.05) is 35.3 Å². The monoisotopic (exact) mass is 596 g/mol. The van der Waals surface area contributed by atoms with Gasteiger partial charge in [-0.05, 0) is 60.9 Å². The average molecular weight is 598 g/mol. The van der Waals surface area contributed by atoms with Crippen LogP contribution < -0.4 is 15.6 Å². The van der Waals surface area contributed by atoms with Crippen LogP contribution in [0.3, 0.4) is 0 Å². The topological polar surface area (TPSA) is 170 Å². The zero-order chi connectivity index (χ0) is 26.5. The maximum absolute atomic E-state index is 13.2. The number of halogens is 2. The van der Waals surface area contributed by atoms with Crippen LogP contribution in [-0.4, -0.2) is 54.4 Å². The quantitative estimate of drug-likeness (QED) is 0.419. The molecule has 3 atom stereocenters. The lowest BCUT2D eigenvalue weighted by molar-refractivity contribution is 0.346. The van der Waals surface area contributed by atoms with Crippen molar-refractivity contribution in [2.75, 3.05) is 25.0 Å². The van der Waals surface area contributed by atoms with E-state index >= 15 is 0 Å². The van der Waals surface area contributed by atoms with Gasteiger partial charge in [-0.3, -0.25) is 0 Å². The predicted octanol–water partition coefficient (Wildman–Crippen LogP) is 2.30. The van der Waals surface area contributed by atoms with E-state index in [1.54, 1.807) is 6.07 Å². The Morgan fingerprint density at radius 3 is 2.42 bits per heavy atom. The van der Waals surface area contributed by atoms with Gasteiger partial charge in [-0.15, -0.1) is 0 Å². The third kappa shape index (κ3) is 5.83. The lowest BCUT2D eigenvalue weighted by Crippen LogP contribution is -2.46. The van der Waals surface area contributed by atoms with Gasteiger partial charge in [-0.2, -0.15) is 4.31 Å². The van der Waals surface area contributed by atoms with E-state index < -0.39 is 35.3 Å². The van der Waals surface area contributed by atoms with Gasteiger partial charge in [0, 0.05) is 19.6 Å². The van der Waals surface area contributed by atoms with Gasteiger partial charge >= 0.3 is 0 Å². The van der Waals surface area contributed by atoms with Crippen molar-refractivity contribution >= 4 is 59.0 Å². The Hall–Kier alpha value is -1.45. The summed E-state index contributed by atoms with van der Waals surface area (Å²) in [6, 6.07) is 9.03. The number of anilines is 1. The van der Waals surface area contributed by atoms with Crippen LogP contribution in [0.25, 0.3) is 0 Å². The second-order valence-corrected chi connectivity index (χ2v) is 15.1. The van der Waals surface area contributed by atoms with E-state index in [-0.39, 0.29) is 46.8 Å². The van der Waals surface area contributed by atoms with Gasteiger partial charge in [0.1, 0.15) is 4.90 Å². The first-order valence-corrected chi connectivity index (χ1v) is 16.4. The second-order valence-electron chi connectivity index (χ2n) is 9.05. The van der Waals surface area contributed by atoms with Crippen LogP contribution in [-0.2, 0) is 30.1 Å². The highest BCUT2D eigenvalue weighted by molar-refractivity contribution is 7.90. The molecule has 1 saturated carbocycles. The van der Waals surface area contributed by atoms with Gasteiger partial charge in [0.25, 0.3) is 0 Å². The molecule has 10 nitrogen and oxygen atoms in total. The minimum absolute atomic E-state index is 0.0915. The highest BCUT2D eigenvalue weighted by atomic mass is 35.5. The van der Waals surface area contributed by atoms with Crippen LogP contribution in [0.1, 0.15) is 30.7 Å². The van der Waals surface area contributed by atoms with Crippen LogP contribution >= 0.6 is 23.2 Å². The van der Waals surface area contributed by atoms with E-state index in [0.717, 1.165) is 22.4 Å². The number of benzene rings is 2. The highest BCUT2D eigenvalue weighted by Crippen LogP contribution is 2.50. The fourth-order valence-electron chi connectivity index (χ4n) is 4.49. The van der Waals surface area contributed by atoms with Crippen LogP contribution in [0.5, 0.6) is 0 Å². The SMILES string of the molecule is NS(=O)(=O)c1cc(S(=O)(=O)N2CCCC(S(N)(=O)=O)C2)ccc1NC[C@@H]1C[C@H]1c1cccc(Cl)c1Cl. The summed E-state index contributed by atoms with van der Waals surface area (Å²) in [6.45, 7) is 0.194. The molecule has 2 aliphatic rings. The molecule has 2 fully saturated rings. The van der Waals surface area contributed by atoms with Crippen LogP contribution in [0.4, 0.5) is 5.69 Å². The number of primary sulfonamides is 2.